The molecule has 0 unspecified atom stereocenters. The smallest absolute Gasteiger partial charge is 0.275 e. The van der Waals surface area contributed by atoms with Crippen molar-refractivity contribution in [2.45, 2.75) is 13.8 Å². The number of aryl methyl sites for hydroxylation is 3. The number of nitrogens with zero attached hydrogens (tertiary/aromatic N) is 3. The molecule has 3 rings (SSSR count). The van der Waals surface area contributed by atoms with E-state index < -0.39 is 0 Å². The second-order valence-electron chi connectivity index (χ2n) is 5.36. The average Bonchev–Trinajstić information content (AvgIpc) is 3.12. The SMILES string of the molecule is Cc1nc(C(=O)Nc2ccc(C(=O)c3nccn3C)cc2)c(C)s1. The largest absolute Gasteiger partial charge is 0.331 e. The van der Waals surface area contributed by atoms with Crippen LogP contribution in [0, 0.1) is 13.8 Å². The molecule has 7 heteroatoms. The summed E-state index contributed by atoms with van der Waals surface area (Å²) in [5.74, 6) is -0.0354. The number of rotatable bonds is 4. The standard InChI is InChI=1S/C17H16N4O2S/c1-10-14(19-11(2)24-10)17(23)20-13-6-4-12(5-7-13)15(22)16-18-8-9-21(16)3/h4-9H,1-3H3,(H,20,23). The molecular weight excluding hydrogens is 324 g/mol. The third-order valence-corrected chi connectivity index (χ3v) is 4.43. The van der Waals surface area contributed by atoms with Gasteiger partial charge in [-0.3, -0.25) is 9.59 Å². The summed E-state index contributed by atoms with van der Waals surface area (Å²) >= 11 is 1.49. The van der Waals surface area contributed by atoms with E-state index in [1.54, 1.807) is 48.3 Å². The van der Waals surface area contributed by atoms with E-state index in [4.69, 9.17) is 0 Å². The summed E-state index contributed by atoms with van der Waals surface area (Å²) in [6.07, 6.45) is 3.31. The Bertz CT molecular complexity index is 909. The van der Waals surface area contributed by atoms with Crippen molar-refractivity contribution in [1.82, 2.24) is 14.5 Å². The normalized spacial score (nSPS) is 10.6. The third-order valence-electron chi connectivity index (χ3n) is 3.55. The number of imidazole rings is 1. The van der Waals surface area contributed by atoms with Crippen LogP contribution in [0.15, 0.2) is 36.7 Å². The summed E-state index contributed by atoms with van der Waals surface area (Å²) in [4.78, 5) is 33.8. The van der Waals surface area contributed by atoms with Gasteiger partial charge in [-0.05, 0) is 38.1 Å². The predicted octanol–water partition coefficient (Wildman–Crippen LogP) is 2.98. The van der Waals surface area contributed by atoms with E-state index in [9.17, 15) is 9.59 Å². The van der Waals surface area contributed by atoms with Crippen molar-refractivity contribution >= 4 is 28.7 Å². The van der Waals surface area contributed by atoms with E-state index in [2.05, 4.69) is 15.3 Å². The van der Waals surface area contributed by atoms with Crippen molar-refractivity contribution in [2.75, 3.05) is 5.32 Å². The maximum Gasteiger partial charge on any atom is 0.275 e. The van der Waals surface area contributed by atoms with Crippen molar-refractivity contribution in [1.29, 1.82) is 0 Å². The Hall–Kier alpha value is -2.80. The summed E-state index contributed by atoms with van der Waals surface area (Å²) < 4.78 is 1.67. The van der Waals surface area contributed by atoms with Crippen LogP contribution in [0.1, 0.15) is 36.6 Å². The van der Waals surface area contributed by atoms with Crippen LogP contribution in [-0.2, 0) is 7.05 Å². The molecule has 1 amide bonds. The van der Waals surface area contributed by atoms with Crippen molar-refractivity contribution < 1.29 is 9.59 Å². The van der Waals surface area contributed by atoms with Gasteiger partial charge in [0, 0.05) is 35.6 Å². The topological polar surface area (TPSA) is 76.9 Å². The Balaban J connectivity index is 1.75. The van der Waals surface area contributed by atoms with Gasteiger partial charge < -0.3 is 9.88 Å². The summed E-state index contributed by atoms with van der Waals surface area (Å²) in [6.45, 7) is 3.74. The third kappa shape index (κ3) is 3.11. The van der Waals surface area contributed by atoms with Gasteiger partial charge in [0.05, 0.1) is 5.01 Å². The molecule has 24 heavy (non-hydrogen) atoms. The Morgan fingerprint density at radius 2 is 1.88 bits per heavy atom. The molecule has 0 bridgehead atoms. The van der Waals surface area contributed by atoms with Gasteiger partial charge in [-0.2, -0.15) is 0 Å². The Labute approximate surface area is 143 Å². The highest BCUT2D eigenvalue weighted by atomic mass is 32.1. The maximum absolute atomic E-state index is 12.4. The van der Waals surface area contributed by atoms with Crippen molar-refractivity contribution in [3.63, 3.8) is 0 Å². The van der Waals surface area contributed by atoms with Gasteiger partial charge in [-0.15, -0.1) is 11.3 Å². The molecule has 0 fully saturated rings. The lowest BCUT2D eigenvalue weighted by atomic mass is 10.1. The Kier molecular flexibility index (Phi) is 4.26. The molecule has 2 heterocycles. The fourth-order valence-corrected chi connectivity index (χ4v) is 3.16. The minimum Gasteiger partial charge on any atom is -0.331 e. The van der Waals surface area contributed by atoms with E-state index in [1.165, 1.54) is 11.3 Å². The quantitative estimate of drug-likeness (QED) is 0.741. The summed E-state index contributed by atoms with van der Waals surface area (Å²) in [7, 11) is 1.77. The number of anilines is 1. The second kappa shape index (κ2) is 6.37. The fourth-order valence-electron chi connectivity index (χ4n) is 2.35. The molecule has 0 saturated heterocycles. The van der Waals surface area contributed by atoms with Crippen LogP contribution in [0.4, 0.5) is 5.69 Å². The molecule has 122 valence electrons. The number of hydrogen-bond donors (Lipinski definition) is 1. The molecule has 0 spiro atoms. The van der Waals surface area contributed by atoms with Crippen LogP contribution in [-0.4, -0.2) is 26.2 Å². The molecule has 0 atom stereocenters. The molecule has 3 aromatic rings. The van der Waals surface area contributed by atoms with Crippen LogP contribution in [0.3, 0.4) is 0 Å². The molecule has 0 aliphatic heterocycles. The minimum atomic E-state index is -0.250. The minimum absolute atomic E-state index is 0.161. The zero-order valence-corrected chi connectivity index (χ0v) is 14.3. The lowest BCUT2D eigenvalue weighted by molar-refractivity contribution is 0.101. The fraction of sp³-hybridized carbons (Fsp3) is 0.176. The number of amides is 1. The molecule has 0 saturated carbocycles. The first-order valence-corrected chi connectivity index (χ1v) is 8.15. The zero-order valence-electron chi connectivity index (χ0n) is 13.5. The van der Waals surface area contributed by atoms with Gasteiger partial charge in [0.2, 0.25) is 5.78 Å². The van der Waals surface area contributed by atoms with Crippen LogP contribution < -0.4 is 5.32 Å². The lowest BCUT2D eigenvalue weighted by Gasteiger charge is -2.06. The van der Waals surface area contributed by atoms with Gasteiger partial charge >= 0.3 is 0 Å². The summed E-state index contributed by atoms with van der Waals surface area (Å²) in [6, 6.07) is 6.74. The van der Waals surface area contributed by atoms with Crippen molar-refractivity contribution in [3.05, 3.63) is 63.6 Å². The van der Waals surface area contributed by atoms with Gasteiger partial charge in [-0.1, -0.05) is 0 Å². The van der Waals surface area contributed by atoms with E-state index in [0.29, 0.717) is 22.8 Å². The van der Waals surface area contributed by atoms with E-state index in [-0.39, 0.29) is 11.7 Å². The second-order valence-corrected chi connectivity index (χ2v) is 6.77. The molecule has 1 aromatic carbocycles. The maximum atomic E-state index is 12.4. The van der Waals surface area contributed by atoms with E-state index in [0.717, 1.165) is 9.88 Å². The van der Waals surface area contributed by atoms with Gasteiger partial charge in [0.1, 0.15) is 5.69 Å². The van der Waals surface area contributed by atoms with E-state index in [1.807, 2.05) is 13.8 Å². The first-order valence-electron chi connectivity index (χ1n) is 7.33. The van der Waals surface area contributed by atoms with Gasteiger partial charge in [0.15, 0.2) is 5.82 Å². The number of ketones is 1. The summed E-state index contributed by atoms with van der Waals surface area (Å²) in [5.41, 5.74) is 1.56. The Morgan fingerprint density at radius 3 is 2.42 bits per heavy atom. The van der Waals surface area contributed by atoms with Crippen molar-refractivity contribution in [3.8, 4) is 0 Å². The van der Waals surface area contributed by atoms with Crippen LogP contribution in [0.5, 0.6) is 0 Å². The van der Waals surface area contributed by atoms with Gasteiger partial charge in [0.25, 0.3) is 5.91 Å². The predicted molar refractivity (Wildman–Crippen MR) is 92.6 cm³/mol. The Morgan fingerprint density at radius 1 is 1.17 bits per heavy atom. The molecule has 1 N–H and O–H groups in total. The number of benzene rings is 1. The van der Waals surface area contributed by atoms with Crippen molar-refractivity contribution in [2.24, 2.45) is 7.05 Å². The number of thiazole rings is 1. The molecule has 0 aliphatic carbocycles. The monoisotopic (exact) mass is 340 g/mol. The first-order chi connectivity index (χ1) is 11.5. The van der Waals surface area contributed by atoms with Crippen LogP contribution >= 0.6 is 11.3 Å². The molecule has 0 radical (unpaired) electrons. The molecule has 6 nitrogen and oxygen atoms in total. The van der Waals surface area contributed by atoms with Gasteiger partial charge in [-0.25, -0.2) is 9.97 Å². The van der Waals surface area contributed by atoms with E-state index >= 15 is 0 Å². The highest BCUT2D eigenvalue weighted by molar-refractivity contribution is 7.11. The lowest BCUT2D eigenvalue weighted by Crippen LogP contribution is -2.14. The number of aromatic nitrogens is 3. The molecule has 0 aliphatic rings. The molecular formula is C17H16N4O2S. The first kappa shape index (κ1) is 16.1. The molecule has 2 aromatic heterocycles. The number of nitrogens with one attached hydrogen (secondary N) is 1. The van der Waals surface area contributed by atoms with Crippen LogP contribution in [0.2, 0.25) is 0 Å². The number of carbonyl (C=O) groups excluding carboxylic acids is 2. The highest BCUT2D eigenvalue weighted by Gasteiger charge is 2.16. The zero-order chi connectivity index (χ0) is 17.3. The number of hydrogen-bond acceptors (Lipinski definition) is 5. The summed E-state index contributed by atoms with van der Waals surface area (Å²) in [5, 5.41) is 3.65. The number of carbonyl (C=O) groups is 2. The highest BCUT2D eigenvalue weighted by Crippen LogP contribution is 2.19. The van der Waals surface area contributed by atoms with Crippen LogP contribution in [0.25, 0.3) is 0 Å². The average molecular weight is 340 g/mol.